The van der Waals surface area contributed by atoms with Crippen molar-refractivity contribution in [1.29, 1.82) is 0 Å². The molecule has 1 amide bonds. The SMILES string of the molecule is O=C1NCCCC1NC1CCCCC1C1CCCN1. The van der Waals surface area contributed by atoms with Crippen LogP contribution in [0.15, 0.2) is 0 Å². The summed E-state index contributed by atoms with van der Waals surface area (Å²) in [5, 5.41) is 10.3. The van der Waals surface area contributed by atoms with Crippen LogP contribution in [0.4, 0.5) is 0 Å². The molecule has 0 radical (unpaired) electrons. The Kier molecular flexibility index (Phi) is 4.38. The van der Waals surface area contributed by atoms with E-state index in [9.17, 15) is 4.79 Å². The number of hydrogen-bond donors (Lipinski definition) is 3. The molecule has 3 N–H and O–H groups in total. The van der Waals surface area contributed by atoms with Crippen molar-refractivity contribution in [3.05, 3.63) is 0 Å². The number of carbonyl (C=O) groups excluding carboxylic acids is 1. The molecule has 4 atom stereocenters. The van der Waals surface area contributed by atoms with Crippen LogP contribution in [0.2, 0.25) is 0 Å². The second-order valence-electron chi connectivity index (χ2n) is 6.41. The number of hydrogen-bond acceptors (Lipinski definition) is 3. The molecule has 0 aromatic carbocycles. The number of carbonyl (C=O) groups is 1. The summed E-state index contributed by atoms with van der Waals surface area (Å²) in [4.78, 5) is 11.9. The first-order valence-corrected chi connectivity index (χ1v) is 8.12. The second-order valence-corrected chi connectivity index (χ2v) is 6.41. The third-order valence-electron chi connectivity index (χ3n) is 5.14. The fourth-order valence-electron chi connectivity index (χ4n) is 4.11. The first kappa shape index (κ1) is 13.4. The van der Waals surface area contributed by atoms with Gasteiger partial charge in [-0.2, -0.15) is 0 Å². The van der Waals surface area contributed by atoms with Gasteiger partial charge in [-0.3, -0.25) is 4.79 Å². The van der Waals surface area contributed by atoms with Gasteiger partial charge in [-0.25, -0.2) is 0 Å². The molecular formula is C15H27N3O. The smallest absolute Gasteiger partial charge is 0.237 e. The van der Waals surface area contributed by atoms with Crippen LogP contribution in [0.5, 0.6) is 0 Å². The molecule has 0 bridgehead atoms. The number of nitrogens with one attached hydrogen (secondary N) is 3. The largest absolute Gasteiger partial charge is 0.355 e. The van der Waals surface area contributed by atoms with Gasteiger partial charge in [0.2, 0.25) is 5.91 Å². The van der Waals surface area contributed by atoms with Gasteiger partial charge in [0.1, 0.15) is 0 Å². The molecule has 0 aromatic rings. The fraction of sp³-hybridized carbons (Fsp3) is 0.933. The van der Waals surface area contributed by atoms with Crippen molar-refractivity contribution in [2.75, 3.05) is 13.1 Å². The molecule has 108 valence electrons. The molecule has 2 heterocycles. The Morgan fingerprint density at radius 2 is 1.79 bits per heavy atom. The topological polar surface area (TPSA) is 53.2 Å². The summed E-state index contributed by atoms with van der Waals surface area (Å²) in [6.07, 6.45) is 10.00. The maximum absolute atomic E-state index is 11.9. The molecular weight excluding hydrogens is 238 g/mol. The Bertz CT molecular complexity index is 315. The van der Waals surface area contributed by atoms with Gasteiger partial charge >= 0.3 is 0 Å². The number of piperidine rings is 1. The van der Waals surface area contributed by atoms with E-state index >= 15 is 0 Å². The van der Waals surface area contributed by atoms with E-state index in [0.717, 1.165) is 25.3 Å². The Balaban J connectivity index is 1.61. The highest BCUT2D eigenvalue weighted by Gasteiger charge is 2.35. The van der Waals surface area contributed by atoms with Gasteiger partial charge in [0.05, 0.1) is 6.04 Å². The summed E-state index contributed by atoms with van der Waals surface area (Å²) in [5.74, 6) is 0.945. The Morgan fingerprint density at radius 1 is 0.947 bits per heavy atom. The fourth-order valence-corrected chi connectivity index (χ4v) is 4.11. The lowest BCUT2D eigenvalue weighted by Crippen LogP contribution is -2.56. The Morgan fingerprint density at radius 3 is 2.58 bits per heavy atom. The quantitative estimate of drug-likeness (QED) is 0.718. The zero-order valence-electron chi connectivity index (χ0n) is 11.8. The predicted octanol–water partition coefficient (Wildman–Crippen LogP) is 1.17. The standard InChI is InChI=1S/C15H27N3O/c19-15-14(8-4-10-17-15)18-13-6-2-1-5-11(13)12-7-3-9-16-12/h11-14,16,18H,1-10H2,(H,17,19). The van der Waals surface area contributed by atoms with Gasteiger partial charge in [0.15, 0.2) is 0 Å². The summed E-state index contributed by atoms with van der Waals surface area (Å²) in [7, 11) is 0. The van der Waals surface area contributed by atoms with E-state index in [1.54, 1.807) is 0 Å². The molecule has 2 saturated heterocycles. The summed E-state index contributed by atoms with van der Waals surface area (Å²) < 4.78 is 0. The summed E-state index contributed by atoms with van der Waals surface area (Å²) in [5.41, 5.74) is 0. The minimum Gasteiger partial charge on any atom is -0.355 e. The van der Waals surface area contributed by atoms with Crippen LogP contribution < -0.4 is 16.0 Å². The van der Waals surface area contributed by atoms with Crippen LogP contribution in [0.3, 0.4) is 0 Å². The van der Waals surface area contributed by atoms with Crippen molar-refractivity contribution < 1.29 is 4.79 Å². The van der Waals surface area contributed by atoms with Crippen LogP contribution in [-0.2, 0) is 4.79 Å². The van der Waals surface area contributed by atoms with Gasteiger partial charge in [0, 0.05) is 18.6 Å². The van der Waals surface area contributed by atoms with Crippen LogP contribution >= 0.6 is 0 Å². The third-order valence-corrected chi connectivity index (χ3v) is 5.14. The zero-order chi connectivity index (χ0) is 13.1. The molecule has 0 spiro atoms. The van der Waals surface area contributed by atoms with E-state index < -0.39 is 0 Å². The molecule has 1 saturated carbocycles. The maximum Gasteiger partial charge on any atom is 0.237 e. The van der Waals surface area contributed by atoms with E-state index in [1.807, 2.05) is 0 Å². The molecule has 19 heavy (non-hydrogen) atoms. The first-order chi connectivity index (χ1) is 9.34. The van der Waals surface area contributed by atoms with Crippen molar-refractivity contribution in [1.82, 2.24) is 16.0 Å². The molecule has 4 heteroatoms. The molecule has 3 aliphatic rings. The average Bonchev–Trinajstić information content (AvgIpc) is 2.96. The molecule has 0 aromatic heterocycles. The van der Waals surface area contributed by atoms with Crippen molar-refractivity contribution in [2.45, 2.75) is 69.5 Å². The maximum atomic E-state index is 11.9. The predicted molar refractivity (Wildman–Crippen MR) is 75.9 cm³/mol. The van der Waals surface area contributed by atoms with Crippen LogP contribution in [0.25, 0.3) is 0 Å². The summed E-state index contributed by atoms with van der Waals surface area (Å²) in [6.45, 7) is 2.03. The van der Waals surface area contributed by atoms with Gasteiger partial charge in [-0.15, -0.1) is 0 Å². The number of rotatable bonds is 3. The van der Waals surface area contributed by atoms with Crippen molar-refractivity contribution >= 4 is 5.91 Å². The van der Waals surface area contributed by atoms with Crippen molar-refractivity contribution in [3.63, 3.8) is 0 Å². The zero-order valence-corrected chi connectivity index (χ0v) is 11.8. The van der Waals surface area contributed by atoms with E-state index in [1.165, 1.54) is 45.1 Å². The van der Waals surface area contributed by atoms with Gasteiger partial charge in [0.25, 0.3) is 0 Å². The molecule has 4 nitrogen and oxygen atoms in total. The lowest BCUT2D eigenvalue weighted by atomic mass is 9.78. The monoisotopic (exact) mass is 265 g/mol. The van der Waals surface area contributed by atoms with E-state index in [-0.39, 0.29) is 11.9 Å². The summed E-state index contributed by atoms with van der Waals surface area (Å²) >= 11 is 0. The third kappa shape index (κ3) is 3.11. The molecule has 3 fully saturated rings. The van der Waals surface area contributed by atoms with Gasteiger partial charge in [-0.05, 0) is 51.0 Å². The lowest BCUT2D eigenvalue weighted by molar-refractivity contribution is -0.125. The highest BCUT2D eigenvalue weighted by atomic mass is 16.2. The molecule has 1 aliphatic carbocycles. The lowest BCUT2D eigenvalue weighted by Gasteiger charge is -2.39. The molecule has 2 aliphatic heterocycles. The van der Waals surface area contributed by atoms with Crippen LogP contribution in [0.1, 0.15) is 51.4 Å². The van der Waals surface area contributed by atoms with Gasteiger partial charge < -0.3 is 16.0 Å². The summed E-state index contributed by atoms with van der Waals surface area (Å²) in [6, 6.07) is 1.28. The normalized spacial score (nSPS) is 40.1. The Labute approximate surface area is 116 Å². The minimum atomic E-state index is 0.0563. The van der Waals surface area contributed by atoms with E-state index in [2.05, 4.69) is 16.0 Å². The van der Waals surface area contributed by atoms with Crippen molar-refractivity contribution in [2.24, 2.45) is 5.92 Å². The van der Waals surface area contributed by atoms with Gasteiger partial charge in [-0.1, -0.05) is 12.8 Å². The van der Waals surface area contributed by atoms with Crippen LogP contribution in [0, 0.1) is 5.92 Å². The van der Waals surface area contributed by atoms with Crippen molar-refractivity contribution in [3.8, 4) is 0 Å². The highest BCUT2D eigenvalue weighted by Crippen LogP contribution is 2.31. The molecule has 3 rings (SSSR count). The van der Waals surface area contributed by atoms with Crippen LogP contribution in [-0.4, -0.2) is 37.1 Å². The van der Waals surface area contributed by atoms with E-state index in [0.29, 0.717) is 12.1 Å². The van der Waals surface area contributed by atoms with E-state index in [4.69, 9.17) is 0 Å². The average molecular weight is 265 g/mol. The first-order valence-electron chi connectivity index (χ1n) is 8.12. The molecule has 4 unspecified atom stereocenters. The highest BCUT2D eigenvalue weighted by molar-refractivity contribution is 5.82. The second kappa shape index (κ2) is 6.23. The Hall–Kier alpha value is -0.610. The number of amides is 1. The minimum absolute atomic E-state index is 0.0563.